The summed E-state index contributed by atoms with van der Waals surface area (Å²) in [7, 11) is 0. The first-order valence-corrected chi connectivity index (χ1v) is 16.4. The van der Waals surface area contributed by atoms with Crippen LogP contribution in [0.4, 0.5) is 0 Å². The molecule has 12 rings (SSSR count). The Morgan fingerprint density at radius 2 is 0.714 bits per heavy atom. The molecule has 0 saturated carbocycles. The molecular weight excluding hydrogens is 683 g/mol. The fourth-order valence-electron chi connectivity index (χ4n) is 6.90. The fourth-order valence-corrected chi connectivity index (χ4v) is 6.90. The van der Waals surface area contributed by atoms with Crippen LogP contribution in [0.2, 0.25) is 0 Å². The number of hydrogen-bond acceptors (Lipinski definition) is 3. The van der Waals surface area contributed by atoms with Crippen molar-refractivity contribution in [3.05, 3.63) is 187 Å². The molecule has 0 amide bonds. The molecule has 0 aliphatic rings. The molecule has 0 saturated heterocycles. The number of rotatable bonds is 4. The van der Waals surface area contributed by atoms with Gasteiger partial charge in [0.25, 0.3) is 0 Å². The van der Waals surface area contributed by atoms with Crippen LogP contribution in [0.15, 0.2) is 187 Å². The molecule has 0 fully saturated rings. The van der Waals surface area contributed by atoms with Crippen LogP contribution in [0.3, 0.4) is 0 Å². The molecule has 0 spiro atoms. The van der Waals surface area contributed by atoms with Crippen molar-refractivity contribution in [1.29, 1.82) is 0 Å². The monoisotopic (exact) mass is 744 g/mol. The first-order chi connectivity index (χ1) is 40.7. The van der Waals surface area contributed by atoms with Gasteiger partial charge in [0.05, 0.1) is 64.6 Å². The summed E-state index contributed by atoms with van der Waals surface area (Å²) in [5.74, 6) is -2.80. The van der Waals surface area contributed by atoms with Crippen molar-refractivity contribution >= 4 is 75.9 Å². The van der Waals surface area contributed by atoms with Gasteiger partial charge in [-0.2, -0.15) is 9.97 Å². The zero-order valence-electron chi connectivity index (χ0n) is 58.7. The van der Waals surface area contributed by atoms with Crippen molar-refractivity contribution in [3.63, 3.8) is 0 Å². The minimum atomic E-state index is -1.10. The zero-order chi connectivity index (χ0) is 63.7. The SMILES string of the molecule is [2H]c1c([2H])c([2H])c(-c2nc(-c3c([2H])c([2H])c([2H])c([2H])c3[2H])nc(-n3c4c([2H])c([2H])c([2H])c([2H])c4c4c([2H])c([2H])c5c6c([2H])c([2H])c([2H])c([2H])c6n(-c6c([2H])c([2H])c7c8c([2H])c([2H])c([2H])c([2H])c8c8c([2H])c([2H])c([2H])c([2H])c8c7c6[2H])c5c43)n2)c([2H])c1[2H]. The second-order valence-corrected chi connectivity index (χ2v) is 12.1. The number of nitrogens with zero attached hydrogens (tertiary/aromatic N) is 5. The molecule has 3 aromatic heterocycles. The highest BCUT2D eigenvalue weighted by Crippen LogP contribution is 2.43. The molecule has 0 bridgehead atoms. The second kappa shape index (κ2) is 11.9. The molecule has 56 heavy (non-hydrogen) atoms. The van der Waals surface area contributed by atoms with Crippen LogP contribution in [-0.2, 0) is 0 Å². The van der Waals surface area contributed by atoms with Gasteiger partial charge in [-0.15, -0.1) is 0 Å². The maximum atomic E-state index is 10.3. The molecular formula is C51H31N5. The summed E-state index contributed by atoms with van der Waals surface area (Å²) in [6.45, 7) is 0. The normalized spacial score (nSPS) is 19.7. The summed E-state index contributed by atoms with van der Waals surface area (Å²) in [4.78, 5) is 13.4. The van der Waals surface area contributed by atoms with Gasteiger partial charge in [-0.3, -0.25) is 4.57 Å². The molecule has 260 valence electrons. The zero-order valence-corrected chi connectivity index (χ0v) is 27.7. The highest BCUT2D eigenvalue weighted by molar-refractivity contribution is 6.27. The molecule has 0 radical (unpaired) electrons. The predicted molar refractivity (Wildman–Crippen MR) is 232 cm³/mol. The van der Waals surface area contributed by atoms with Crippen LogP contribution >= 0.6 is 0 Å². The van der Waals surface area contributed by atoms with Crippen molar-refractivity contribution in [1.82, 2.24) is 24.1 Å². The molecule has 5 heteroatoms. The minimum absolute atomic E-state index is 0.530. The van der Waals surface area contributed by atoms with Crippen LogP contribution in [0, 0.1) is 0 Å². The first-order valence-electron chi connectivity index (χ1n) is 31.9. The van der Waals surface area contributed by atoms with Crippen molar-refractivity contribution in [2.24, 2.45) is 0 Å². The smallest absolute Gasteiger partial charge is 0.238 e. The average Bonchev–Trinajstić information content (AvgIpc) is 1.61. The molecule has 12 aromatic rings. The van der Waals surface area contributed by atoms with E-state index in [4.69, 9.17) is 28.8 Å². The van der Waals surface area contributed by atoms with Crippen molar-refractivity contribution in [3.8, 4) is 34.4 Å². The molecule has 0 atom stereocenters. The number of hydrogen-bond donors (Lipinski definition) is 0. The van der Waals surface area contributed by atoms with E-state index in [9.17, 15) is 13.7 Å². The molecule has 3 heterocycles. The van der Waals surface area contributed by atoms with Crippen LogP contribution in [0.25, 0.3) is 110 Å². The van der Waals surface area contributed by atoms with E-state index in [0.29, 0.717) is 0 Å². The summed E-state index contributed by atoms with van der Waals surface area (Å²) >= 11 is 0. The Hall–Kier alpha value is -7.63. The maximum absolute atomic E-state index is 10.3. The standard InChI is InChI=1S/C51H31N5/c1-3-15-32(16-4-1)49-52-50(33-17-5-2-6-18-33)54-51(53-49)56-46-26-14-12-24-41(46)43-30-29-42-40-23-11-13-25-45(40)55(47(42)48(43)56)34-27-28-39-37-21-8-7-19-35(37)36-20-9-10-22-38(36)44(39)31-34/h1-31H/i1D,2D,3D,4D,5D,6D,7D,8D,9D,10D,11D,12D,13D,14D,15D,16D,17D,18D,19D,20D,21D,22D,23D,24D,25D,26D,27D,28D,29D,30D,31D. The Kier molecular flexibility index (Phi) is 2.83. The van der Waals surface area contributed by atoms with E-state index >= 15 is 0 Å². The molecule has 0 aliphatic carbocycles. The van der Waals surface area contributed by atoms with Crippen LogP contribution in [0.1, 0.15) is 42.5 Å². The van der Waals surface area contributed by atoms with Gasteiger partial charge < -0.3 is 4.57 Å². The molecule has 9 aromatic carbocycles. The summed E-state index contributed by atoms with van der Waals surface area (Å²) < 4.78 is 283. The summed E-state index contributed by atoms with van der Waals surface area (Å²) in [5.41, 5.74) is -5.43. The summed E-state index contributed by atoms with van der Waals surface area (Å²) in [5, 5.41) is -6.21. The van der Waals surface area contributed by atoms with E-state index in [1.807, 2.05) is 0 Å². The van der Waals surface area contributed by atoms with E-state index in [1.165, 1.54) is 0 Å². The number of para-hydroxylation sites is 2. The van der Waals surface area contributed by atoms with E-state index in [0.717, 1.165) is 9.13 Å². The molecule has 0 unspecified atom stereocenters. The van der Waals surface area contributed by atoms with Crippen molar-refractivity contribution in [2.45, 2.75) is 0 Å². The fraction of sp³-hybridized carbons (Fsp3) is 0. The second-order valence-electron chi connectivity index (χ2n) is 12.1. The van der Waals surface area contributed by atoms with Gasteiger partial charge in [-0.25, -0.2) is 4.98 Å². The van der Waals surface area contributed by atoms with Gasteiger partial charge in [0.15, 0.2) is 11.6 Å². The Morgan fingerprint density at radius 1 is 0.321 bits per heavy atom. The third-order valence-electron chi connectivity index (χ3n) is 9.16. The van der Waals surface area contributed by atoms with E-state index in [2.05, 4.69) is 15.0 Å². The van der Waals surface area contributed by atoms with Gasteiger partial charge in [-0.1, -0.05) is 163 Å². The molecule has 5 nitrogen and oxygen atoms in total. The van der Waals surface area contributed by atoms with Crippen LogP contribution < -0.4 is 0 Å². The van der Waals surface area contributed by atoms with Gasteiger partial charge in [-0.05, 0) is 56.5 Å². The lowest BCUT2D eigenvalue weighted by Gasteiger charge is -2.15. The average molecular weight is 745 g/mol. The van der Waals surface area contributed by atoms with E-state index in [-0.39, 0.29) is 0 Å². The third-order valence-corrected chi connectivity index (χ3v) is 9.16. The predicted octanol–water partition coefficient (Wildman–Crippen LogP) is 12.9. The van der Waals surface area contributed by atoms with Gasteiger partial charge in [0.1, 0.15) is 0 Å². The lowest BCUT2D eigenvalue weighted by Crippen LogP contribution is -2.07. The number of benzene rings is 9. The van der Waals surface area contributed by atoms with Gasteiger partial charge in [0.2, 0.25) is 5.95 Å². The number of aromatic nitrogens is 5. The van der Waals surface area contributed by atoms with Crippen molar-refractivity contribution in [2.75, 3.05) is 0 Å². The van der Waals surface area contributed by atoms with E-state index in [1.54, 1.807) is 0 Å². The lowest BCUT2D eigenvalue weighted by atomic mass is 9.94. The van der Waals surface area contributed by atoms with Crippen LogP contribution in [-0.4, -0.2) is 24.1 Å². The number of fused-ring (bicyclic) bond motifs is 13. The van der Waals surface area contributed by atoms with E-state index < -0.39 is 298 Å². The Morgan fingerprint density at radius 3 is 1.25 bits per heavy atom. The third kappa shape index (κ3) is 4.46. The Labute approximate surface area is 364 Å². The highest BCUT2D eigenvalue weighted by atomic mass is 15.2. The summed E-state index contributed by atoms with van der Waals surface area (Å²) in [6, 6.07) is -29.3. The largest absolute Gasteiger partial charge is 0.307 e. The molecule has 0 N–H and O–H groups in total. The lowest BCUT2D eigenvalue weighted by molar-refractivity contribution is 0.953. The van der Waals surface area contributed by atoms with Crippen LogP contribution in [0.5, 0.6) is 0 Å². The quantitative estimate of drug-likeness (QED) is 0.169. The van der Waals surface area contributed by atoms with Crippen molar-refractivity contribution < 1.29 is 42.5 Å². The first kappa shape index (κ1) is 13.3. The Bertz CT molecular complexity index is 5170. The summed E-state index contributed by atoms with van der Waals surface area (Å²) in [6.07, 6.45) is 0. The Balaban J connectivity index is 1.44. The molecule has 0 aliphatic heterocycles. The van der Waals surface area contributed by atoms with Gasteiger partial charge in [0, 0.05) is 38.4 Å². The maximum Gasteiger partial charge on any atom is 0.238 e. The topological polar surface area (TPSA) is 48.5 Å². The van der Waals surface area contributed by atoms with Gasteiger partial charge >= 0.3 is 0 Å². The minimum Gasteiger partial charge on any atom is -0.307 e. The highest BCUT2D eigenvalue weighted by Gasteiger charge is 2.24.